The van der Waals surface area contributed by atoms with Gasteiger partial charge in [-0.05, 0) is 57.4 Å². The third kappa shape index (κ3) is 3.32. The minimum Gasteiger partial charge on any atom is -0.390 e. The minimum absolute atomic E-state index is 0.525. The normalized spacial score (nSPS) is 14.9. The van der Waals surface area contributed by atoms with E-state index in [1.807, 2.05) is 6.92 Å². The molecule has 1 aromatic rings. The van der Waals surface area contributed by atoms with E-state index in [0.717, 1.165) is 0 Å². The van der Waals surface area contributed by atoms with Crippen LogP contribution in [0.15, 0.2) is 12.1 Å². The van der Waals surface area contributed by atoms with E-state index in [2.05, 4.69) is 32.9 Å². The second kappa shape index (κ2) is 4.98. The first-order valence-corrected chi connectivity index (χ1v) is 5.85. The van der Waals surface area contributed by atoms with Crippen molar-refractivity contribution in [1.29, 1.82) is 0 Å². The quantitative estimate of drug-likeness (QED) is 0.819. The van der Waals surface area contributed by atoms with Gasteiger partial charge < -0.3 is 10.8 Å². The van der Waals surface area contributed by atoms with Gasteiger partial charge in [0.1, 0.15) is 0 Å². The lowest BCUT2D eigenvalue weighted by Crippen LogP contribution is -2.31. The Labute approximate surface area is 98.5 Å². The van der Waals surface area contributed by atoms with Crippen LogP contribution in [0.1, 0.15) is 35.6 Å². The van der Waals surface area contributed by atoms with Gasteiger partial charge in [-0.1, -0.05) is 17.7 Å². The Morgan fingerprint density at radius 3 is 2.12 bits per heavy atom. The molecule has 1 rings (SSSR count). The predicted octanol–water partition coefficient (Wildman–Crippen LogP) is 2.25. The lowest BCUT2D eigenvalue weighted by Gasteiger charge is -2.25. The van der Waals surface area contributed by atoms with Crippen LogP contribution in [-0.2, 0) is 6.42 Å². The van der Waals surface area contributed by atoms with Gasteiger partial charge >= 0.3 is 0 Å². The fraction of sp³-hybridized carbons (Fsp3) is 0.571. The zero-order valence-electron chi connectivity index (χ0n) is 10.8. The molecule has 0 aliphatic heterocycles. The van der Waals surface area contributed by atoms with Gasteiger partial charge in [0.15, 0.2) is 0 Å². The van der Waals surface area contributed by atoms with Crippen LogP contribution in [0.4, 0.5) is 0 Å². The molecule has 0 amide bonds. The monoisotopic (exact) mass is 221 g/mol. The van der Waals surface area contributed by atoms with Crippen LogP contribution >= 0.6 is 0 Å². The third-order valence-corrected chi connectivity index (χ3v) is 3.08. The number of rotatable bonds is 4. The maximum Gasteiger partial charge on any atom is 0.0672 e. The summed E-state index contributed by atoms with van der Waals surface area (Å²) < 4.78 is 0. The average molecular weight is 221 g/mol. The van der Waals surface area contributed by atoms with E-state index in [1.54, 1.807) is 0 Å². The second-order valence-corrected chi connectivity index (χ2v) is 5.09. The lowest BCUT2D eigenvalue weighted by atomic mass is 9.88. The smallest absolute Gasteiger partial charge is 0.0672 e. The van der Waals surface area contributed by atoms with Crippen LogP contribution in [0, 0.1) is 20.8 Å². The van der Waals surface area contributed by atoms with E-state index in [-0.39, 0.29) is 0 Å². The summed E-state index contributed by atoms with van der Waals surface area (Å²) in [5, 5.41) is 10.2. The predicted molar refractivity (Wildman–Crippen MR) is 68.7 cm³/mol. The number of hydrogen-bond acceptors (Lipinski definition) is 2. The summed E-state index contributed by atoms with van der Waals surface area (Å²) in [6, 6.07) is 4.34. The van der Waals surface area contributed by atoms with E-state index < -0.39 is 5.60 Å². The van der Waals surface area contributed by atoms with Crippen molar-refractivity contribution in [3.63, 3.8) is 0 Å². The largest absolute Gasteiger partial charge is 0.390 e. The van der Waals surface area contributed by atoms with Crippen LogP contribution in [0.5, 0.6) is 0 Å². The van der Waals surface area contributed by atoms with Crippen molar-refractivity contribution < 1.29 is 5.11 Å². The molecule has 0 aromatic heterocycles. The standard InChI is InChI=1S/C14H23NO/c1-10-7-11(2)13(12(3)8-10)9-14(4,16)5-6-15/h7-8,16H,5-6,9,15H2,1-4H3. The van der Waals surface area contributed by atoms with Gasteiger partial charge in [0.25, 0.3) is 0 Å². The summed E-state index contributed by atoms with van der Waals surface area (Å²) in [6.07, 6.45) is 1.32. The van der Waals surface area contributed by atoms with Gasteiger partial charge in [0, 0.05) is 6.42 Å². The molecule has 2 nitrogen and oxygen atoms in total. The van der Waals surface area contributed by atoms with Crippen LogP contribution in [-0.4, -0.2) is 17.3 Å². The van der Waals surface area contributed by atoms with Crippen molar-refractivity contribution in [3.05, 3.63) is 34.4 Å². The Kier molecular flexibility index (Phi) is 4.11. The van der Waals surface area contributed by atoms with E-state index in [9.17, 15) is 5.11 Å². The molecule has 1 atom stereocenters. The first-order valence-electron chi connectivity index (χ1n) is 5.85. The van der Waals surface area contributed by atoms with E-state index in [1.165, 1.54) is 22.3 Å². The molecule has 1 aromatic carbocycles. The molecular weight excluding hydrogens is 198 g/mol. The van der Waals surface area contributed by atoms with E-state index in [0.29, 0.717) is 19.4 Å². The first-order chi connectivity index (χ1) is 7.35. The summed E-state index contributed by atoms with van der Waals surface area (Å²) in [5.74, 6) is 0. The van der Waals surface area contributed by atoms with Gasteiger partial charge in [0.2, 0.25) is 0 Å². The highest BCUT2D eigenvalue weighted by molar-refractivity contribution is 5.38. The number of nitrogens with two attached hydrogens (primary N) is 1. The highest BCUT2D eigenvalue weighted by Gasteiger charge is 2.21. The van der Waals surface area contributed by atoms with Crippen LogP contribution in [0.25, 0.3) is 0 Å². The number of hydrogen-bond donors (Lipinski definition) is 2. The summed E-state index contributed by atoms with van der Waals surface area (Å²) in [7, 11) is 0. The molecule has 16 heavy (non-hydrogen) atoms. The molecule has 3 N–H and O–H groups in total. The fourth-order valence-corrected chi connectivity index (χ4v) is 2.27. The molecule has 0 saturated carbocycles. The summed E-state index contributed by atoms with van der Waals surface area (Å²) in [6.45, 7) is 8.69. The Morgan fingerprint density at radius 1 is 1.19 bits per heavy atom. The minimum atomic E-state index is -0.695. The molecule has 0 aliphatic rings. The molecule has 0 spiro atoms. The van der Waals surface area contributed by atoms with Crippen molar-refractivity contribution in [3.8, 4) is 0 Å². The molecular formula is C14H23NO. The van der Waals surface area contributed by atoms with Crippen molar-refractivity contribution >= 4 is 0 Å². The molecule has 0 heterocycles. The van der Waals surface area contributed by atoms with Crippen LogP contribution < -0.4 is 5.73 Å². The summed E-state index contributed by atoms with van der Waals surface area (Å²) in [4.78, 5) is 0. The highest BCUT2D eigenvalue weighted by Crippen LogP contribution is 2.23. The molecule has 0 radical (unpaired) electrons. The van der Waals surface area contributed by atoms with Gasteiger partial charge in [0.05, 0.1) is 5.60 Å². The lowest BCUT2D eigenvalue weighted by molar-refractivity contribution is 0.0536. The molecule has 0 aliphatic carbocycles. The zero-order chi connectivity index (χ0) is 12.3. The SMILES string of the molecule is Cc1cc(C)c(CC(C)(O)CCN)c(C)c1. The third-order valence-electron chi connectivity index (χ3n) is 3.08. The Balaban J connectivity index is 2.97. The average Bonchev–Trinajstić information content (AvgIpc) is 2.11. The van der Waals surface area contributed by atoms with Gasteiger partial charge in [-0.25, -0.2) is 0 Å². The summed E-state index contributed by atoms with van der Waals surface area (Å²) >= 11 is 0. The van der Waals surface area contributed by atoms with Crippen molar-refractivity contribution in [2.24, 2.45) is 5.73 Å². The molecule has 90 valence electrons. The maximum atomic E-state index is 10.2. The van der Waals surface area contributed by atoms with Crippen molar-refractivity contribution in [2.75, 3.05) is 6.54 Å². The Bertz CT molecular complexity index is 346. The Hall–Kier alpha value is -0.860. The molecule has 0 saturated heterocycles. The zero-order valence-corrected chi connectivity index (χ0v) is 10.8. The summed E-state index contributed by atoms with van der Waals surface area (Å²) in [5.41, 5.74) is 9.86. The number of benzene rings is 1. The Morgan fingerprint density at radius 2 is 1.69 bits per heavy atom. The molecule has 0 fully saturated rings. The molecule has 2 heteroatoms. The van der Waals surface area contributed by atoms with Gasteiger partial charge in [-0.3, -0.25) is 0 Å². The maximum absolute atomic E-state index is 10.2. The second-order valence-electron chi connectivity index (χ2n) is 5.09. The topological polar surface area (TPSA) is 46.2 Å². The highest BCUT2D eigenvalue weighted by atomic mass is 16.3. The van der Waals surface area contributed by atoms with Crippen molar-refractivity contribution in [1.82, 2.24) is 0 Å². The van der Waals surface area contributed by atoms with Crippen molar-refractivity contribution in [2.45, 2.75) is 46.1 Å². The molecule has 0 bridgehead atoms. The molecule has 1 unspecified atom stereocenters. The van der Waals surface area contributed by atoms with E-state index >= 15 is 0 Å². The van der Waals surface area contributed by atoms with Gasteiger partial charge in [-0.15, -0.1) is 0 Å². The van der Waals surface area contributed by atoms with Gasteiger partial charge in [-0.2, -0.15) is 0 Å². The first kappa shape index (κ1) is 13.2. The number of aryl methyl sites for hydroxylation is 3. The number of aliphatic hydroxyl groups is 1. The van der Waals surface area contributed by atoms with Crippen LogP contribution in [0.3, 0.4) is 0 Å². The van der Waals surface area contributed by atoms with Crippen LogP contribution in [0.2, 0.25) is 0 Å². The fourth-order valence-electron chi connectivity index (χ4n) is 2.27. The van der Waals surface area contributed by atoms with E-state index in [4.69, 9.17) is 5.73 Å².